The molecule has 15 heteroatoms. The summed E-state index contributed by atoms with van der Waals surface area (Å²) in [5, 5.41) is 21.1. The summed E-state index contributed by atoms with van der Waals surface area (Å²) in [5.74, 6) is 0.419. The smallest absolute Gasteiger partial charge is 0.491 e. The number of ether oxygens (including phenoxy) is 3. The van der Waals surface area contributed by atoms with Crippen LogP contribution in [0.3, 0.4) is 0 Å². The van der Waals surface area contributed by atoms with Gasteiger partial charge in [-0.3, -0.25) is 4.57 Å². The number of hydrogen-bond donors (Lipinski definition) is 1. The molecule has 244 valence electrons. The van der Waals surface area contributed by atoms with Crippen LogP contribution >= 0.6 is 11.6 Å². The Morgan fingerprint density at radius 2 is 1.39 bits per heavy atom. The van der Waals surface area contributed by atoms with E-state index in [0.29, 0.717) is 11.5 Å². The second-order valence-electron chi connectivity index (χ2n) is 10.5. The highest BCUT2D eigenvalue weighted by Gasteiger charge is 2.31. The summed E-state index contributed by atoms with van der Waals surface area (Å²) in [4.78, 5) is 18.4. The molecule has 46 heavy (non-hydrogen) atoms. The fraction of sp³-hybridized carbons (Fsp3) is 0.323. The maximum absolute atomic E-state index is 12.3. The largest absolute Gasteiger partial charge is 0.573 e. The minimum absolute atomic E-state index is 0.00845. The lowest BCUT2D eigenvalue weighted by atomic mass is 10.1. The van der Waals surface area contributed by atoms with Crippen LogP contribution in [0.1, 0.15) is 12.0 Å². The van der Waals surface area contributed by atoms with E-state index in [1.807, 2.05) is 48.5 Å². The molecule has 2 heterocycles. The molecule has 3 aromatic carbocycles. The lowest BCUT2D eigenvalue weighted by Gasteiger charge is -2.37. The lowest BCUT2D eigenvalue weighted by Crippen LogP contribution is -2.46. The molecule has 0 radical (unpaired) electrons. The Labute approximate surface area is 267 Å². The van der Waals surface area contributed by atoms with Crippen molar-refractivity contribution in [3.63, 3.8) is 0 Å². The van der Waals surface area contributed by atoms with Gasteiger partial charge in [0.15, 0.2) is 0 Å². The van der Waals surface area contributed by atoms with E-state index in [2.05, 4.69) is 19.5 Å². The van der Waals surface area contributed by atoms with Gasteiger partial charge >= 0.3 is 17.5 Å². The van der Waals surface area contributed by atoms with Gasteiger partial charge in [0, 0.05) is 44.1 Å². The molecule has 1 aromatic heterocycles. The Kier molecular flexibility index (Phi) is 10.4. The molecule has 1 atom stereocenters. The Balaban J connectivity index is 1.02. The molecular formula is C31H31ClF3N5O6. The molecule has 0 bridgehead atoms. The molecule has 1 unspecified atom stereocenters. The van der Waals surface area contributed by atoms with Crippen LogP contribution in [0.4, 0.5) is 30.4 Å². The zero-order valence-electron chi connectivity index (χ0n) is 24.5. The molecule has 1 saturated heterocycles. The Morgan fingerprint density at radius 1 is 0.870 bits per heavy atom. The Bertz CT molecular complexity index is 1580. The second-order valence-corrected chi connectivity index (χ2v) is 10.9. The van der Waals surface area contributed by atoms with Crippen LogP contribution in [0.15, 0.2) is 79.0 Å². The fourth-order valence-electron chi connectivity index (χ4n) is 4.87. The van der Waals surface area contributed by atoms with Gasteiger partial charge < -0.3 is 39.2 Å². The highest BCUT2D eigenvalue weighted by atomic mass is 35.5. The number of hydrogen-bond acceptors (Lipinski definition) is 9. The lowest BCUT2D eigenvalue weighted by molar-refractivity contribution is -0.389. The average Bonchev–Trinajstić information content (AvgIpc) is 3.43. The fourth-order valence-corrected chi connectivity index (χ4v) is 5.09. The first kappa shape index (κ1) is 32.7. The first-order valence-corrected chi connectivity index (χ1v) is 14.8. The van der Waals surface area contributed by atoms with Crippen molar-refractivity contribution < 1.29 is 37.4 Å². The van der Waals surface area contributed by atoms with Crippen LogP contribution in [0.25, 0.3) is 0 Å². The van der Waals surface area contributed by atoms with E-state index >= 15 is 0 Å². The van der Waals surface area contributed by atoms with E-state index in [1.165, 1.54) is 35.0 Å². The molecule has 4 aromatic rings. The van der Waals surface area contributed by atoms with E-state index in [1.54, 1.807) is 0 Å². The number of nitrogens with zero attached hydrogens (tertiary/aromatic N) is 5. The number of anilines is 2. The van der Waals surface area contributed by atoms with Crippen LogP contribution in [-0.4, -0.2) is 64.8 Å². The summed E-state index contributed by atoms with van der Waals surface area (Å²) in [6.45, 7) is 3.91. The number of benzene rings is 3. The van der Waals surface area contributed by atoms with Gasteiger partial charge in [0.2, 0.25) is 0 Å². The third-order valence-corrected chi connectivity index (χ3v) is 7.60. The zero-order valence-corrected chi connectivity index (χ0v) is 25.2. The summed E-state index contributed by atoms with van der Waals surface area (Å²) in [5.41, 5.74) is 3.09. The molecule has 1 N–H and O–H groups in total. The third-order valence-electron chi connectivity index (χ3n) is 7.29. The highest BCUT2D eigenvalue weighted by molar-refractivity contribution is 6.28. The Morgan fingerprint density at radius 3 is 1.93 bits per heavy atom. The molecule has 0 spiro atoms. The quantitative estimate of drug-likeness (QED) is 0.134. The van der Waals surface area contributed by atoms with E-state index in [4.69, 9.17) is 21.1 Å². The van der Waals surface area contributed by atoms with Crippen molar-refractivity contribution in [2.24, 2.45) is 0 Å². The van der Waals surface area contributed by atoms with Gasteiger partial charge in [0.05, 0.1) is 6.10 Å². The first-order chi connectivity index (χ1) is 22.0. The predicted octanol–water partition coefficient (Wildman–Crippen LogP) is 6.08. The molecule has 1 aliphatic rings. The predicted molar refractivity (Wildman–Crippen MR) is 165 cm³/mol. The first-order valence-electron chi connectivity index (χ1n) is 14.4. The number of halogens is 4. The molecular weight excluding hydrogens is 631 g/mol. The number of imidazole rings is 1. The van der Waals surface area contributed by atoms with E-state index in [-0.39, 0.29) is 43.0 Å². The third kappa shape index (κ3) is 9.17. The van der Waals surface area contributed by atoms with E-state index < -0.39 is 17.4 Å². The number of aliphatic hydroxyl groups is 1. The molecule has 1 fully saturated rings. The number of rotatable bonds is 13. The van der Waals surface area contributed by atoms with Gasteiger partial charge in [-0.05, 0) is 94.2 Å². The van der Waals surface area contributed by atoms with Crippen molar-refractivity contribution in [2.45, 2.75) is 32.0 Å². The molecule has 5 rings (SSSR count). The summed E-state index contributed by atoms with van der Waals surface area (Å²) < 4.78 is 53.7. The van der Waals surface area contributed by atoms with Gasteiger partial charge in [-0.1, -0.05) is 12.1 Å². The SMILES string of the molecule is O=[N+]([O-])c1cn(CCC(O)COc2ccc(N3CCN(c4ccc(COc5ccc(OC(F)(F)F)cc5)cc4)CC3)cc2)c(Cl)n1. The van der Waals surface area contributed by atoms with Crippen LogP contribution in [0.5, 0.6) is 17.2 Å². The van der Waals surface area contributed by atoms with Gasteiger partial charge in [-0.15, -0.1) is 13.2 Å². The summed E-state index contributed by atoms with van der Waals surface area (Å²) in [7, 11) is 0. The summed E-state index contributed by atoms with van der Waals surface area (Å²) in [6.07, 6.45) is -4.01. The standard InChI is InChI=1S/C31H31ClF3N5O6/c32-30-36-29(40(42)43)19-39(30)14-13-25(41)21-45-26-7-5-24(6-8-26)38-17-15-37(16-18-38)23-3-1-22(2-4-23)20-44-27-9-11-28(12-10-27)46-31(33,34)35/h1-12,19,25,41H,13-18,20-21H2. The van der Waals surface area contributed by atoms with Crippen molar-refractivity contribution in [3.8, 4) is 17.2 Å². The Hall–Kier alpha value is -4.69. The van der Waals surface area contributed by atoms with Crippen molar-refractivity contribution in [1.29, 1.82) is 0 Å². The minimum Gasteiger partial charge on any atom is -0.491 e. The minimum atomic E-state index is -4.73. The van der Waals surface area contributed by atoms with Crippen molar-refractivity contribution in [3.05, 3.63) is 100.0 Å². The van der Waals surface area contributed by atoms with Crippen LogP contribution in [-0.2, 0) is 13.2 Å². The van der Waals surface area contributed by atoms with Crippen LogP contribution < -0.4 is 24.0 Å². The van der Waals surface area contributed by atoms with Crippen LogP contribution in [0, 0.1) is 10.1 Å². The zero-order chi connectivity index (χ0) is 32.7. The van der Waals surface area contributed by atoms with Gasteiger partial charge in [-0.25, -0.2) is 0 Å². The van der Waals surface area contributed by atoms with Crippen LogP contribution in [0.2, 0.25) is 5.28 Å². The molecule has 11 nitrogen and oxygen atoms in total. The van der Waals surface area contributed by atoms with Gasteiger partial charge in [0.1, 0.15) is 36.7 Å². The monoisotopic (exact) mass is 661 g/mol. The summed E-state index contributed by atoms with van der Waals surface area (Å²) in [6, 6.07) is 21.0. The highest BCUT2D eigenvalue weighted by Crippen LogP contribution is 2.26. The second kappa shape index (κ2) is 14.6. The number of aromatic nitrogens is 2. The van der Waals surface area contributed by atoms with E-state index in [9.17, 15) is 28.4 Å². The maximum atomic E-state index is 12.3. The van der Waals surface area contributed by atoms with Crippen molar-refractivity contribution >= 4 is 28.8 Å². The number of aliphatic hydroxyl groups excluding tert-OH is 1. The number of piperazine rings is 1. The number of aryl methyl sites for hydroxylation is 1. The molecule has 1 aliphatic heterocycles. The summed E-state index contributed by atoms with van der Waals surface area (Å²) >= 11 is 5.91. The number of alkyl halides is 3. The average molecular weight is 662 g/mol. The van der Waals surface area contributed by atoms with Crippen molar-refractivity contribution in [1.82, 2.24) is 9.55 Å². The molecule has 0 saturated carbocycles. The van der Waals surface area contributed by atoms with Crippen molar-refractivity contribution in [2.75, 3.05) is 42.6 Å². The maximum Gasteiger partial charge on any atom is 0.573 e. The normalized spacial score (nSPS) is 14.2. The molecule has 0 amide bonds. The van der Waals surface area contributed by atoms with Gasteiger partial charge in [-0.2, -0.15) is 0 Å². The number of nitro groups is 1. The topological polar surface area (TPSA) is 115 Å². The van der Waals surface area contributed by atoms with E-state index in [0.717, 1.165) is 43.1 Å². The van der Waals surface area contributed by atoms with Gasteiger partial charge in [0.25, 0.3) is 0 Å². The molecule has 0 aliphatic carbocycles.